The van der Waals surface area contributed by atoms with Gasteiger partial charge in [-0.1, -0.05) is 11.6 Å². The van der Waals surface area contributed by atoms with Crippen LogP contribution in [0.3, 0.4) is 0 Å². The summed E-state index contributed by atoms with van der Waals surface area (Å²) in [5.74, 6) is 0.914. The molecule has 0 aliphatic heterocycles. The van der Waals surface area contributed by atoms with Gasteiger partial charge < -0.3 is 15.0 Å². The Labute approximate surface area is 152 Å². The number of carbonyl (C=O) groups excluding carboxylic acids is 1. The summed E-state index contributed by atoms with van der Waals surface area (Å²) in [6, 6.07) is 9.25. The third-order valence-electron chi connectivity index (χ3n) is 3.89. The minimum atomic E-state index is -0.166. The Kier molecular flexibility index (Phi) is 5.84. The predicted molar refractivity (Wildman–Crippen MR) is 98.3 cm³/mol. The largest absolute Gasteiger partial charge is 0.497 e. The molecule has 0 radical (unpaired) electrons. The molecule has 0 spiro atoms. The van der Waals surface area contributed by atoms with Gasteiger partial charge in [0.25, 0.3) is 0 Å². The molecule has 1 N–H and O–H groups in total. The van der Waals surface area contributed by atoms with E-state index in [9.17, 15) is 10.1 Å². The van der Waals surface area contributed by atoms with E-state index in [0.717, 1.165) is 11.4 Å². The highest BCUT2D eigenvalue weighted by atomic mass is 35.5. The van der Waals surface area contributed by atoms with Crippen molar-refractivity contribution in [2.24, 2.45) is 0 Å². The first-order chi connectivity index (χ1) is 11.9. The van der Waals surface area contributed by atoms with Crippen LogP contribution in [0.1, 0.15) is 16.8 Å². The molecular weight excluding hydrogens is 340 g/mol. The zero-order chi connectivity index (χ0) is 18.6. The number of nitrogens with zero attached hydrogens (tertiary/aromatic N) is 3. The molecule has 6 nitrogen and oxygen atoms in total. The smallest absolute Gasteiger partial charge is 0.246 e. The van der Waals surface area contributed by atoms with Gasteiger partial charge in [-0.2, -0.15) is 5.26 Å². The SMILES string of the molecule is COc1ccc(N(C)C(=O)CNc2nc(C)c(Cl)c(C)c2C#N)cc1. The highest BCUT2D eigenvalue weighted by molar-refractivity contribution is 6.32. The molecule has 1 amide bonds. The van der Waals surface area contributed by atoms with Crippen molar-refractivity contribution < 1.29 is 9.53 Å². The summed E-state index contributed by atoms with van der Waals surface area (Å²) in [6.45, 7) is 3.52. The fourth-order valence-electron chi connectivity index (χ4n) is 2.32. The van der Waals surface area contributed by atoms with Gasteiger partial charge in [-0.3, -0.25) is 4.79 Å². The van der Waals surface area contributed by atoms with Crippen molar-refractivity contribution in [2.75, 3.05) is 30.9 Å². The molecule has 130 valence electrons. The highest BCUT2D eigenvalue weighted by Crippen LogP contribution is 2.26. The lowest BCUT2D eigenvalue weighted by Gasteiger charge is -2.19. The average molecular weight is 359 g/mol. The van der Waals surface area contributed by atoms with Crippen LogP contribution in [0.2, 0.25) is 5.02 Å². The molecule has 7 heteroatoms. The van der Waals surface area contributed by atoms with E-state index in [1.807, 2.05) is 0 Å². The number of hydrogen-bond donors (Lipinski definition) is 1. The second-order valence-electron chi connectivity index (χ2n) is 5.48. The highest BCUT2D eigenvalue weighted by Gasteiger charge is 2.16. The van der Waals surface area contributed by atoms with Gasteiger partial charge in [0.2, 0.25) is 5.91 Å². The van der Waals surface area contributed by atoms with Crippen LogP contribution in [0.4, 0.5) is 11.5 Å². The summed E-state index contributed by atoms with van der Waals surface area (Å²) in [4.78, 5) is 18.2. The van der Waals surface area contributed by atoms with Crippen molar-refractivity contribution in [3.05, 3.63) is 46.1 Å². The molecule has 2 aromatic rings. The van der Waals surface area contributed by atoms with Crippen molar-refractivity contribution in [1.82, 2.24) is 4.98 Å². The van der Waals surface area contributed by atoms with Gasteiger partial charge >= 0.3 is 0 Å². The standard InChI is InChI=1S/C18H19ClN4O2/c1-11-15(9-20)18(22-12(2)17(11)19)21-10-16(24)23(3)13-5-7-14(25-4)8-6-13/h5-8H,10H2,1-4H3,(H,21,22). The summed E-state index contributed by atoms with van der Waals surface area (Å²) in [6.07, 6.45) is 0. The Balaban J connectivity index is 2.13. The molecule has 0 atom stereocenters. The fraction of sp³-hybridized carbons (Fsp3) is 0.278. The maximum atomic E-state index is 12.4. The number of aromatic nitrogens is 1. The first kappa shape index (κ1) is 18.6. The van der Waals surface area contributed by atoms with Crippen LogP contribution in [0.15, 0.2) is 24.3 Å². The molecule has 0 bridgehead atoms. The maximum absolute atomic E-state index is 12.4. The maximum Gasteiger partial charge on any atom is 0.246 e. The Morgan fingerprint density at radius 2 is 2.00 bits per heavy atom. The van der Waals surface area contributed by atoms with Crippen molar-refractivity contribution in [1.29, 1.82) is 5.26 Å². The van der Waals surface area contributed by atoms with Gasteiger partial charge in [-0.05, 0) is 43.7 Å². The van der Waals surface area contributed by atoms with Crippen LogP contribution >= 0.6 is 11.6 Å². The lowest BCUT2D eigenvalue weighted by atomic mass is 10.1. The van der Waals surface area contributed by atoms with Crippen LogP contribution < -0.4 is 15.0 Å². The number of nitriles is 1. The average Bonchev–Trinajstić information content (AvgIpc) is 2.63. The summed E-state index contributed by atoms with van der Waals surface area (Å²) in [5, 5.41) is 12.7. The van der Waals surface area contributed by atoms with Crippen LogP contribution in [0.5, 0.6) is 5.75 Å². The van der Waals surface area contributed by atoms with Crippen LogP contribution in [-0.4, -0.2) is 31.6 Å². The van der Waals surface area contributed by atoms with Gasteiger partial charge in [0.15, 0.2) is 0 Å². The second-order valence-corrected chi connectivity index (χ2v) is 5.85. The number of amides is 1. The van der Waals surface area contributed by atoms with E-state index in [1.54, 1.807) is 52.3 Å². The number of ether oxygens (including phenoxy) is 1. The lowest BCUT2D eigenvalue weighted by Crippen LogP contribution is -2.32. The van der Waals surface area contributed by atoms with Crippen molar-refractivity contribution in [3.63, 3.8) is 0 Å². The molecule has 2 rings (SSSR count). The predicted octanol–water partition coefficient (Wildman–Crippen LogP) is 3.31. The molecule has 1 aromatic carbocycles. The first-order valence-electron chi connectivity index (χ1n) is 7.60. The first-order valence-corrected chi connectivity index (χ1v) is 7.98. The van der Waals surface area contributed by atoms with E-state index in [0.29, 0.717) is 27.7 Å². The van der Waals surface area contributed by atoms with E-state index in [-0.39, 0.29) is 12.5 Å². The van der Waals surface area contributed by atoms with E-state index in [4.69, 9.17) is 16.3 Å². The van der Waals surface area contributed by atoms with E-state index < -0.39 is 0 Å². The quantitative estimate of drug-likeness (QED) is 0.887. The Morgan fingerprint density at radius 1 is 1.36 bits per heavy atom. The number of methoxy groups -OCH3 is 1. The Hall–Kier alpha value is -2.78. The number of aryl methyl sites for hydroxylation is 1. The van der Waals surface area contributed by atoms with Gasteiger partial charge in [-0.25, -0.2) is 4.98 Å². The zero-order valence-electron chi connectivity index (χ0n) is 14.6. The summed E-state index contributed by atoms with van der Waals surface area (Å²) >= 11 is 6.12. The molecule has 0 fully saturated rings. The Morgan fingerprint density at radius 3 is 2.56 bits per heavy atom. The third kappa shape index (κ3) is 4.01. The molecule has 1 aromatic heterocycles. The minimum Gasteiger partial charge on any atom is -0.497 e. The number of hydrogen-bond acceptors (Lipinski definition) is 5. The monoisotopic (exact) mass is 358 g/mol. The topological polar surface area (TPSA) is 78.2 Å². The van der Waals surface area contributed by atoms with Crippen molar-refractivity contribution in [2.45, 2.75) is 13.8 Å². The number of nitrogens with one attached hydrogen (secondary N) is 1. The number of anilines is 2. The summed E-state index contributed by atoms with van der Waals surface area (Å²) in [5.41, 5.74) is 2.34. The number of likely N-dealkylation sites (N-methyl/N-ethyl adjacent to an activating group) is 1. The summed E-state index contributed by atoms with van der Waals surface area (Å²) < 4.78 is 5.11. The van der Waals surface area contributed by atoms with Crippen molar-refractivity contribution >= 4 is 29.0 Å². The molecule has 0 unspecified atom stereocenters. The molecule has 0 aliphatic rings. The molecule has 0 saturated carbocycles. The lowest BCUT2D eigenvalue weighted by molar-refractivity contribution is -0.116. The molecule has 0 saturated heterocycles. The number of halogens is 1. The summed E-state index contributed by atoms with van der Waals surface area (Å²) in [7, 11) is 3.27. The van der Waals surface area contributed by atoms with Crippen LogP contribution in [0, 0.1) is 25.2 Å². The fourth-order valence-corrected chi connectivity index (χ4v) is 2.46. The van der Waals surface area contributed by atoms with E-state index >= 15 is 0 Å². The number of pyridine rings is 1. The normalized spacial score (nSPS) is 10.1. The third-order valence-corrected chi connectivity index (χ3v) is 4.45. The molecule has 25 heavy (non-hydrogen) atoms. The van der Waals surface area contributed by atoms with Gasteiger partial charge in [0.1, 0.15) is 17.6 Å². The van der Waals surface area contributed by atoms with Crippen LogP contribution in [0.25, 0.3) is 0 Å². The van der Waals surface area contributed by atoms with Gasteiger partial charge in [-0.15, -0.1) is 0 Å². The molecule has 0 aliphatic carbocycles. The zero-order valence-corrected chi connectivity index (χ0v) is 15.3. The minimum absolute atomic E-state index is 0.00468. The molecular formula is C18H19ClN4O2. The number of rotatable bonds is 5. The number of benzene rings is 1. The van der Waals surface area contributed by atoms with Gasteiger partial charge in [0.05, 0.1) is 29.9 Å². The van der Waals surface area contributed by atoms with E-state index in [2.05, 4.69) is 16.4 Å². The van der Waals surface area contributed by atoms with E-state index in [1.165, 1.54) is 4.90 Å². The molecule has 1 heterocycles. The Bertz CT molecular complexity index is 828. The van der Waals surface area contributed by atoms with Crippen molar-refractivity contribution in [3.8, 4) is 11.8 Å². The second kappa shape index (κ2) is 7.86. The van der Waals surface area contributed by atoms with Crippen LogP contribution in [-0.2, 0) is 4.79 Å². The van der Waals surface area contributed by atoms with Gasteiger partial charge in [0, 0.05) is 12.7 Å². The number of carbonyl (C=O) groups is 1.